The summed E-state index contributed by atoms with van der Waals surface area (Å²) in [5.41, 5.74) is 0.103. The van der Waals surface area contributed by atoms with Gasteiger partial charge in [0.2, 0.25) is 23.6 Å². The lowest BCUT2D eigenvalue weighted by Gasteiger charge is -2.31. The maximum Gasteiger partial charge on any atom is 0.326 e. The van der Waals surface area contributed by atoms with Gasteiger partial charge in [-0.3, -0.25) is 19.2 Å². The average molecular weight is 589 g/mol. The number of hydrogen-bond donors (Lipinski definition) is 5. The zero-order valence-electron chi connectivity index (χ0n) is 23.4. The Morgan fingerprint density at radius 2 is 1.71 bits per heavy atom. The van der Waals surface area contributed by atoms with Gasteiger partial charge in [0.15, 0.2) is 0 Å². The fraction of sp³-hybridized carbons (Fsp3) is 0.621. The van der Waals surface area contributed by atoms with E-state index >= 15 is 0 Å². The molecule has 1 aliphatic carbocycles. The second-order valence-electron chi connectivity index (χ2n) is 11.3. The van der Waals surface area contributed by atoms with Crippen LogP contribution in [0.5, 0.6) is 5.75 Å². The standard InChI is InChI=1S/C29H40N4O7S/c1-18(34)33-15-8-21(19-4-6-20(35)7-5-19)24(33)26(37)31-22-9-16-41-17-10-23(27(38)39)32-28(40)29(11-2-3-12-29)13-14-30-25(22)36/h4-7,21-24,35H,2-3,8-17H2,1H3,(H,30,36)(H,31,37)(H,32,40)(H,38,39)/t21-,22?,23-,24+/m0/s1. The van der Waals surface area contributed by atoms with E-state index in [1.54, 1.807) is 24.3 Å². The summed E-state index contributed by atoms with van der Waals surface area (Å²) in [5.74, 6) is -1.55. The molecule has 12 heteroatoms. The molecule has 4 amide bonds. The second kappa shape index (κ2) is 13.6. The maximum absolute atomic E-state index is 13.7. The predicted molar refractivity (Wildman–Crippen MR) is 153 cm³/mol. The van der Waals surface area contributed by atoms with Crippen molar-refractivity contribution >= 4 is 41.4 Å². The minimum absolute atomic E-state index is 0.108. The van der Waals surface area contributed by atoms with Gasteiger partial charge in [0.25, 0.3) is 0 Å². The van der Waals surface area contributed by atoms with Crippen LogP contribution in [0.4, 0.5) is 0 Å². The van der Waals surface area contributed by atoms with Crippen molar-refractivity contribution in [1.82, 2.24) is 20.9 Å². The van der Waals surface area contributed by atoms with E-state index in [-0.39, 0.29) is 42.4 Å². The van der Waals surface area contributed by atoms with Crippen molar-refractivity contribution in [1.29, 1.82) is 0 Å². The number of thioether (sulfide) groups is 1. The number of carbonyl (C=O) groups excluding carboxylic acids is 4. The summed E-state index contributed by atoms with van der Waals surface area (Å²) in [6, 6.07) is 3.97. The van der Waals surface area contributed by atoms with Crippen molar-refractivity contribution in [3.63, 3.8) is 0 Å². The number of amides is 4. The van der Waals surface area contributed by atoms with E-state index in [0.717, 1.165) is 18.4 Å². The highest BCUT2D eigenvalue weighted by atomic mass is 32.2. The van der Waals surface area contributed by atoms with E-state index in [4.69, 9.17) is 0 Å². The number of hydrogen-bond acceptors (Lipinski definition) is 7. The Morgan fingerprint density at radius 1 is 1.02 bits per heavy atom. The summed E-state index contributed by atoms with van der Waals surface area (Å²) >= 11 is 1.46. The van der Waals surface area contributed by atoms with Crippen LogP contribution in [0, 0.1) is 5.41 Å². The van der Waals surface area contributed by atoms with Crippen LogP contribution in [-0.4, -0.2) is 87.4 Å². The molecule has 0 aromatic heterocycles. The number of likely N-dealkylation sites (tertiary alicyclic amines) is 1. The molecule has 41 heavy (non-hydrogen) atoms. The molecule has 4 rings (SSSR count). The van der Waals surface area contributed by atoms with Crippen LogP contribution in [0.15, 0.2) is 24.3 Å². The molecule has 1 spiro atoms. The van der Waals surface area contributed by atoms with Crippen molar-refractivity contribution in [2.45, 2.75) is 82.3 Å². The van der Waals surface area contributed by atoms with Crippen LogP contribution >= 0.6 is 11.8 Å². The van der Waals surface area contributed by atoms with E-state index in [2.05, 4.69) is 16.0 Å². The number of carbonyl (C=O) groups is 5. The SMILES string of the molecule is CC(=O)N1CC[C@@H](c2ccc(O)cc2)[C@@H]1C(=O)NC1CCSCC[C@@H](C(=O)O)NC(=O)C2(CCCC2)CCNC1=O. The topological polar surface area (TPSA) is 165 Å². The van der Waals surface area contributed by atoms with Crippen molar-refractivity contribution < 1.29 is 34.2 Å². The van der Waals surface area contributed by atoms with Gasteiger partial charge in [-0.25, -0.2) is 4.79 Å². The van der Waals surface area contributed by atoms with Gasteiger partial charge in [-0.1, -0.05) is 25.0 Å². The molecule has 11 nitrogen and oxygen atoms in total. The van der Waals surface area contributed by atoms with Crippen LogP contribution in [0.3, 0.4) is 0 Å². The molecule has 1 aromatic rings. The van der Waals surface area contributed by atoms with Gasteiger partial charge in [0.05, 0.1) is 5.41 Å². The number of benzene rings is 1. The number of phenolic OH excluding ortho intramolecular Hbond substituents is 1. The minimum atomic E-state index is -1.06. The molecule has 3 aliphatic rings. The Morgan fingerprint density at radius 3 is 2.37 bits per heavy atom. The molecule has 224 valence electrons. The van der Waals surface area contributed by atoms with Gasteiger partial charge < -0.3 is 31.1 Å². The van der Waals surface area contributed by atoms with Crippen molar-refractivity contribution in [3.05, 3.63) is 29.8 Å². The minimum Gasteiger partial charge on any atom is -0.508 e. The quantitative estimate of drug-likeness (QED) is 0.355. The summed E-state index contributed by atoms with van der Waals surface area (Å²) < 4.78 is 0. The first kappa shape index (κ1) is 30.7. The van der Waals surface area contributed by atoms with Gasteiger partial charge in [-0.05, 0) is 67.7 Å². The Bertz CT molecular complexity index is 1140. The number of rotatable bonds is 4. The Hall–Kier alpha value is -3.28. The Kier molecular flexibility index (Phi) is 10.2. The first-order valence-corrected chi connectivity index (χ1v) is 15.5. The van der Waals surface area contributed by atoms with E-state index < -0.39 is 35.4 Å². The molecule has 3 fully saturated rings. The van der Waals surface area contributed by atoms with Gasteiger partial charge in [-0.2, -0.15) is 11.8 Å². The monoisotopic (exact) mass is 588 g/mol. The zero-order valence-corrected chi connectivity index (χ0v) is 24.2. The summed E-state index contributed by atoms with van der Waals surface area (Å²) in [5, 5.41) is 27.9. The first-order chi connectivity index (χ1) is 19.6. The molecule has 1 unspecified atom stereocenters. The fourth-order valence-corrected chi connectivity index (χ4v) is 7.34. The van der Waals surface area contributed by atoms with Gasteiger partial charge >= 0.3 is 5.97 Å². The number of nitrogens with zero attached hydrogens (tertiary/aromatic N) is 1. The number of nitrogens with one attached hydrogen (secondary N) is 3. The van der Waals surface area contributed by atoms with Gasteiger partial charge in [0, 0.05) is 25.9 Å². The van der Waals surface area contributed by atoms with E-state index in [1.807, 2.05) is 0 Å². The third-order valence-electron chi connectivity index (χ3n) is 8.68. The highest BCUT2D eigenvalue weighted by Gasteiger charge is 2.44. The number of aromatic hydroxyl groups is 1. The molecular formula is C29H40N4O7S. The number of aliphatic carboxylic acids is 1. The maximum atomic E-state index is 13.7. The highest BCUT2D eigenvalue weighted by molar-refractivity contribution is 7.99. The molecule has 2 aliphatic heterocycles. The zero-order chi connectivity index (χ0) is 29.6. The number of phenols is 1. The molecule has 4 atom stereocenters. The van der Waals surface area contributed by atoms with Crippen LogP contribution in [-0.2, 0) is 24.0 Å². The average Bonchev–Trinajstić information content (AvgIpc) is 3.60. The summed E-state index contributed by atoms with van der Waals surface area (Å²) in [7, 11) is 0. The van der Waals surface area contributed by atoms with E-state index in [1.165, 1.54) is 23.6 Å². The summed E-state index contributed by atoms with van der Waals surface area (Å²) in [6.45, 7) is 2.05. The highest BCUT2D eigenvalue weighted by Crippen LogP contribution is 2.41. The lowest BCUT2D eigenvalue weighted by Crippen LogP contribution is -2.54. The fourth-order valence-electron chi connectivity index (χ4n) is 6.33. The second-order valence-corrected chi connectivity index (χ2v) is 12.5. The number of carboxylic acid groups (broad SMARTS) is 1. The van der Waals surface area contributed by atoms with Gasteiger partial charge in [-0.15, -0.1) is 0 Å². The molecule has 1 aromatic carbocycles. The lowest BCUT2D eigenvalue weighted by atomic mass is 9.81. The van der Waals surface area contributed by atoms with Crippen LogP contribution in [0.25, 0.3) is 0 Å². The molecule has 0 bridgehead atoms. The normalized spacial score (nSPS) is 27.5. The Balaban J connectivity index is 1.50. The third kappa shape index (κ3) is 7.33. The molecule has 2 saturated heterocycles. The Labute approximate surface area is 244 Å². The molecule has 0 radical (unpaired) electrons. The van der Waals surface area contributed by atoms with Crippen molar-refractivity contribution in [3.8, 4) is 5.75 Å². The van der Waals surface area contributed by atoms with Crippen molar-refractivity contribution in [2.75, 3.05) is 24.6 Å². The lowest BCUT2D eigenvalue weighted by molar-refractivity contribution is -0.144. The van der Waals surface area contributed by atoms with Crippen molar-refractivity contribution in [2.24, 2.45) is 5.41 Å². The molecule has 1 saturated carbocycles. The van der Waals surface area contributed by atoms with E-state index in [0.29, 0.717) is 50.2 Å². The number of carboxylic acids is 1. The molecule has 5 N–H and O–H groups in total. The molecular weight excluding hydrogens is 548 g/mol. The predicted octanol–water partition coefficient (Wildman–Crippen LogP) is 1.74. The van der Waals surface area contributed by atoms with Crippen LogP contribution in [0.1, 0.15) is 69.8 Å². The van der Waals surface area contributed by atoms with E-state index in [9.17, 15) is 34.2 Å². The van der Waals surface area contributed by atoms with Crippen LogP contribution < -0.4 is 16.0 Å². The van der Waals surface area contributed by atoms with Crippen LogP contribution in [0.2, 0.25) is 0 Å². The summed E-state index contributed by atoms with van der Waals surface area (Å²) in [4.78, 5) is 66.1. The smallest absolute Gasteiger partial charge is 0.326 e. The third-order valence-corrected chi connectivity index (χ3v) is 9.72. The summed E-state index contributed by atoms with van der Waals surface area (Å²) in [6.07, 6.45) is 4.55. The first-order valence-electron chi connectivity index (χ1n) is 14.4. The van der Waals surface area contributed by atoms with Gasteiger partial charge in [0.1, 0.15) is 23.9 Å². The molecule has 2 heterocycles. The largest absolute Gasteiger partial charge is 0.508 e.